The molecular weight excluding hydrogens is 421 g/mol. The second-order valence-electron chi connectivity index (χ2n) is 8.04. The molecule has 0 aromatic heterocycles. The fourth-order valence-corrected chi connectivity index (χ4v) is 4.24. The molecule has 1 fully saturated rings. The van der Waals surface area contributed by atoms with Crippen LogP contribution in [-0.2, 0) is 17.6 Å². The molecule has 6 heteroatoms. The van der Waals surface area contributed by atoms with Crippen LogP contribution in [0.5, 0.6) is 5.75 Å². The van der Waals surface area contributed by atoms with Gasteiger partial charge in [-0.15, -0.1) is 0 Å². The van der Waals surface area contributed by atoms with Crippen LogP contribution in [0.2, 0.25) is 10.0 Å². The van der Waals surface area contributed by atoms with Crippen molar-refractivity contribution in [2.45, 2.75) is 45.6 Å². The zero-order valence-corrected chi connectivity index (χ0v) is 19.0. The molecule has 162 valence electrons. The summed E-state index contributed by atoms with van der Waals surface area (Å²) < 4.78 is 6.21. The van der Waals surface area contributed by atoms with Crippen molar-refractivity contribution in [2.24, 2.45) is 5.92 Å². The van der Waals surface area contributed by atoms with Crippen LogP contribution in [0, 0.1) is 5.92 Å². The van der Waals surface area contributed by atoms with Gasteiger partial charge in [-0.2, -0.15) is 0 Å². The molecule has 1 unspecified atom stereocenters. The highest BCUT2D eigenvalue weighted by molar-refractivity contribution is 6.42. The fourth-order valence-electron chi connectivity index (χ4n) is 3.94. The molecule has 1 aliphatic heterocycles. The molecule has 0 amide bonds. The number of Topliss-reactive ketones (excluding diaryl/α,β-unsaturated/α-hetero) is 1. The molecule has 0 bridgehead atoms. The number of carbonyl (C=O) groups is 1. The number of ether oxygens (including phenoxy) is 1. The highest BCUT2D eigenvalue weighted by atomic mass is 35.5. The second kappa shape index (κ2) is 10.6. The van der Waals surface area contributed by atoms with Crippen molar-refractivity contribution >= 4 is 29.0 Å². The maximum absolute atomic E-state index is 12.9. The molecule has 1 atom stereocenters. The molecule has 4 nitrogen and oxygen atoms in total. The number of ketones is 1. The third-order valence-electron chi connectivity index (χ3n) is 5.42. The van der Waals surface area contributed by atoms with Gasteiger partial charge in [-0.25, -0.2) is 0 Å². The number of aliphatic hydroxyl groups excluding tert-OH is 1. The number of benzene rings is 2. The Morgan fingerprint density at radius 3 is 2.67 bits per heavy atom. The van der Waals surface area contributed by atoms with Gasteiger partial charge in [0.15, 0.2) is 0 Å². The average Bonchev–Trinajstić information content (AvgIpc) is 2.73. The van der Waals surface area contributed by atoms with E-state index in [1.165, 1.54) is 0 Å². The third-order valence-corrected chi connectivity index (χ3v) is 6.16. The van der Waals surface area contributed by atoms with Crippen LogP contribution in [0.1, 0.15) is 37.8 Å². The largest absolute Gasteiger partial charge is 0.490 e. The number of aliphatic hydroxyl groups is 1. The Bertz CT molecular complexity index is 892. The smallest absolute Gasteiger partial charge is 0.141 e. The van der Waals surface area contributed by atoms with Gasteiger partial charge < -0.3 is 15.2 Å². The zero-order chi connectivity index (χ0) is 21.7. The Kier molecular flexibility index (Phi) is 8.18. The van der Waals surface area contributed by atoms with Gasteiger partial charge in [0.25, 0.3) is 0 Å². The number of rotatable bonds is 8. The molecule has 1 heterocycles. The van der Waals surface area contributed by atoms with Gasteiger partial charge in [0.1, 0.15) is 11.5 Å². The van der Waals surface area contributed by atoms with Crippen LogP contribution in [-0.4, -0.2) is 36.7 Å². The summed E-state index contributed by atoms with van der Waals surface area (Å²) in [7, 11) is 0. The van der Waals surface area contributed by atoms with Crippen LogP contribution in [0.3, 0.4) is 0 Å². The van der Waals surface area contributed by atoms with E-state index in [-0.39, 0.29) is 24.4 Å². The van der Waals surface area contributed by atoms with Gasteiger partial charge in [0.2, 0.25) is 0 Å². The lowest BCUT2D eigenvalue weighted by atomic mass is 9.88. The maximum atomic E-state index is 12.9. The van der Waals surface area contributed by atoms with Gasteiger partial charge in [-0.3, -0.25) is 4.79 Å². The van der Waals surface area contributed by atoms with Crippen LogP contribution in [0.25, 0.3) is 11.1 Å². The molecule has 0 spiro atoms. The van der Waals surface area contributed by atoms with Gasteiger partial charge in [0.05, 0.1) is 16.1 Å². The first kappa shape index (κ1) is 23.1. The van der Waals surface area contributed by atoms with Crippen molar-refractivity contribution in [1.82, 2.24) is 5.32 Å². The Labute approximate surface area is 188 Å². The first-order valence-corrected chi connectivity index (χ1v) is 11.3. The lowest BCUT2D eigenvalue weighted by Gasteiger charge is -2.24. The van der Waals surface area contributed by atoms with Gasteiger partial charge in [0, 0.05) is 36.6 Å². The second-order valence-corrected chi connectivity index (χ2v) is 8.85. The average molecular weight is 450 g/mol. The zero-order valence-electron chi connectivity index (χ0n) is 17.5. The predicted molar refractivity (Wildman–Crippen MR) is 123 cm³/mol. The number of carbonyl (C=O) groups excluding carboxylic acids is 1. The van der Waals surface area contributed by atoms with Crippen molar-refractivity contribution in [2.75, 3.05) is 19.7 Å². The number of nitrogens with one attached hydrogen (secondary N) is 1. The third kappa shape index (κ3) is 5.55. The summed E-state index contributed by atoms with van der Waals surface area (Å²) in [5, 5.41) is 14.0. The normalized spacial score (nSPS) is 16.7. The van der Waals surface area contributed by atoms with E-state index in [0.717, 1.165) is 48.2 Å². The quantitative estimate of drug-likeness (QED) is 0.588. The number of piperidine rings is 1. The van der Waals surface area contributed by atoms with E-state index in [2.05, 4.69) is 5.32 Å². The standard InChI is InChI=1S/C24H29Cl2NO3/c1-15(2)30-24-19(16-6-8-21(25)22(26)12-16)7-5-17(20(24)9-11-28)13-23(29)18-4-3-10-27-14-18/h5-8,12,15,18,27-28H,3-4,9-11,13-14H2,1-2H3. The minimum Gasteiger partial charge on any atom is -0.490 e. The number of halogens is 2. The van der Waals surface area contributed by atoms with E-state index < -0.39 is 0 Å². The van der Waals surface area contributed by atoms with E-state index in [1.807, 2.05) is 38.1 Å². The lowest BCUT2D eigenvalue weighted by molar-refractivity contribution is -0.122. The molecule has 3 rings (SSSR count). The van der Waals surface area contributed by atoms with E-state index in [1.54, 1.807) is 6.07 Å². The molecule has 1 saturated heterocycles. The Morgan fingerprint density at radius 1 is 1.23 bits per heavy atom. The summed E-state index contributed by atoms with van der Waals surface area (Å²) >= 11 is 12.3. The first-order valence-electron chi connectivity index (χ1n) is 10.5. The summed E-state index contributed by atoms with van der Waals surface area (Å²) in [6.45, 7) is 5.63. The first-order chi connectivity index (χ1) is 14.4. The van der Waals surface area contributed by atoms with Crippen LogP contribution >= 0.6 is 23.2 Å². The summed E-state index contributed by atoms with van der Waals surface area (Å²) in [5.41, 5.74) is 3.56. The van der Waals surface area contributed by atoms with Crippen LogP contribution < -0.4 is 10.1 Å². The SMILES string of the molecule is CC(C)Oc1c(-c2ccc(Cl)c(Cl)c2)ccc(CC(=O)C2CCCNC2)c1CCO. The number of hydrogen-bond donors (Lipinski definition) is 2. The van der Waals surface area contributed by atoms with Crippen LogP contribution in [0.4, 0.5) is 0 Å². The van der Waals surface area contributed by atoms with E-state index in [9.17, 15) is 9.90 Å². The molecule has 2 aromatic rings. The number of hydrogen-bond acceptors (Lipinski definition) is 4. The highest BCUT2D eigenvalue weighted by Crippen LogP contribution is 2.39. The van der Waals surface area contributed by atoms with Crippen molar-refractivity contribution in [3.05, 3.63) is 51.5 Å². The summed E-state index contributed by atoms with van der Waals surface area (Å²) in [4.78, 5) is 12.9. The summed E-state index contributed by atoms with van der Waals surface area (Å²) in [5.74, 6) is 0.980. The minimum atomic E-state index is -0.0579. The Balaban J connectivity index is 2.03. The minimum absolute atomic E-state index is 0.0224. The monoisotopic (exact) mass is 449 g/mol. The van der Waals surface area contributed by atoms with Crippen molar-refractivity contribution in [3.8, 4) is 16.9 Å². The molecule has 0 saturated carbocycles. The molecule has 2 N–H and O–H groups in total. The predicted octanol–water partition coefficient (Wildman–Crippen LogP) is 5.09. The summed E-state index contributed by atoms with van der Waals surface area (Å²) in [6, 6.07) is 9.42. The molecular formula is C24H29Cl2NO3. The molecule has 0 aliphatic carbocycles. The maximum Gasteiger partial charge on any atom is 0.141 e. The molecule has 2 aromatic carbocycles. The van der Waals surface area contributed by atoms with Crippen molar-refractivity contribution in [1.29, 1.82) is 0 Å². The van der Waals surface area contributed by atoms with Gasteiger partial charge in [-0.1, -0.05) is 41.4 Å². The van der Waals surface area contributed by atoms with Crippen LogP contribution in [0.15, 0.2) is 30.3 Å². The topological polar surface area (TPSA) is 58.6 Å². The molecule has 30 heavy (non-hydrogen) atoms. The fraction of sp³-hybridized carbons (Fsp3) is 0.458. The van der Waals surface area contributed by atoms with Crippen molar-refractivity contribution < 1.29 is 14.6 Å². The molecule has 1 aliphatic rings. The Hall–Kier alpha value is -1.59. The Morgan fingerprint density at radius 2 is 2.03 bits per heavy atom. The summed E-state index contributed by atoms with van der Waals surface area (Å²) in [6.07, 6.45) is 2.66. The highest BCUT2D eigenvalue weighted by Gasteiger charge is 2.24. The van der Waals surface area contributed by atoms with Gasteiger partial charge >= 0.3 is 0 Å². The van der Waals surface area contributed by atoms with Gasteiger partial charge in [-0.05, 0) is 62.9 Å². The van der Waals surface area contributed by atoms with Crippen molar-refractivity contribution in [3.63, 3.8) is 0 Å². The van der Waals surface area contributed by atoms with E-state index in [0.29, 0.717) is 28.6 Å². The lowest BCUT2D eigenvalue weighted by Crippen LogP contribution is -2.35. The van der Waals surface area contributed by atoms with E-state index >= 15 is 0 Å². The molecule has 0 radical (unpaired) electrons. The van der Waals surface area contributed by atoms with E-state index in [4.69, 9.17) is 27.9 Å².